The Morgan fingerprint density at radius 2 is 1.97 bits per heavy atom. The average molecular weight is 437 g/mol. The van der Waals surface area contributed by atoms with Gasteiger partial charge in [-0.15, -0.1) is 0 Å². The average Bonchev–Trinajstić information content (AvgIpc) is 3.30. The van der Waals surface area contributed by atoms with E-state index in [9.17, 15) is 14.7 Å². The second-order valence-electron chi connectivity index (χ2n) is 8.54. The van der Waals surface area contributed by atoms with Gasteiger partial charge in [0.2, 0.25) is 0 Å². The lowest BCUT2D eigenvalue weighted by Crippen LogP contribution is -2.40. The second kappa shape index (κ2) is 9.30. The number of carbonyl (C=O) groups excluding carboxylic acids is 2. The molecule has 2 heterocycles. The SMILES string of the molecule is CCN(CC)CC(O)CNC(=O)c1c(C)[nH]c2c1CCCC2=C1C(=O)Nc2ccccc21. The zero-order chi connectivity index (χ0) is 22.8. The summed E-state index contributed by atoms with van der Waals surface area (Å²) in [6.07, 6.45) is 1.83. The molecule has 1 aliphatic heterocycles. The molecule has 170 valence electrons. The number of likely N-dealkylation sites (N-methyl/N-ethyl adjacent to an activating group) is 1. The highest BCUT2D eigenvalue weighted by Gasteiger charge is 2.32. The molecule has 0 radical (unpaired) electrons. The van der Waals surface area contributed by atoms with Crippen LogP contribution >= 0.6 is 0 Å². The summed E-state index contributed by atoms with van der Waals surface area (Å²) in [7, 11) is 0. The zero-order valence-electron chi connectivity index (χ0n) is 19.0. The van der Waals surface area contributed by atoms with Gasteiger partial charge in [-0.1, -0.05) is 32.0 Å². The van der Waals surface area contributed by atoms with Crippen molar-refractivity contribution in [3.8, 4) is 0 Å². The van der Waals surface area contributed by atoms with Gasteiger partial charge in [0, 0.05) is 35.7 Å². The monoisotopic (exact) mass is 436 g/mol. The van der Waals surface area contributed by atoms with E-state index in [1.807, 2.05) is 31.2 Å². The lowest BCUT2D eigenvalue weighted by atomic mass is 9.86. The maximum atomic E-state index is 13.1. The molecule has 0 spiro atoms. The number of anilines is 1. The molecule has 0 saturated carbocycles. The first-order valence-corrected chi connectivity index (χ1v) is 11.5. The number of aliphatic hydroxyl groups is 1. The topological polar surface area (TPSA) is 97.5 Å². The molecule has 1 aromatic carbocycles. The molecule has 4 N–H and O–H groups in total. The fraction of sp³-hybridized carbons (Fsp3) is 0.440. The highest BCUT2D eigenvalue weighted by atomic mass is 16.3. The summed E-state index contributed by atoms with van der Waals surface area (Å²) < 4.78 is 0. The molecule has 32 heavy (non-hydrogen) atoms. The predicted molar refractivity (Wildman–Crippen MR) is 126 cm³/mol. The van der Waals surface area contributed by atoms with Crippen LogP contribution in [0.4, 0.5) is 5.69 Å². The minimum atomic E-state index is -0.620. The Bertz CT molecular complexity index is 1070. The van der Waals surface area contributed by atoms with Crippen molar-refractivity contribution in [1.82, 2.24) is 15.2 Å². The number of hydrogen-bond donors (Lipinski definition) is 4. The molecule has 4 rings (SSSR count). The van der Waals surface area contributed by atoms with E-state index in [1.165, 1.54) is 0 Å². The van der Waals surface area contributed by atoms with Gasteiger partial charge in [0.25, 0.3) is 11.8 Å². The number of H-pyrrole nitrogens is 1. The highest BCUT2D eigenvalue weighted by Crippen LogP contribution is 2.42. The number of nitrogens with zero attached hydrogens (tertiary/aromatic N) is 1. The van der Waals surface area contributed by atoms with Crippen molar-refractivity contribution < 1.29 is 14.7 Å². The van der Waals surface area contributed by atoms with Crippen molar-refractivity contribution in [2.45, 2.75) is 46.1 Å². The molecule has 0 saturated heterocycles. The first-order valence-electron chi connectivity index (χ1n) is 11.5. The molecule has 1 aliphatic carbocycles. The molecule has 7 heteroatoms. The highest BCUT2D eigenvalue weighted by molar-refractivity contribution is 6.36. The molecular weight excluding hydrogens is 404 g/mol. The molecule has 1 atom stereocenters. The summed E-state index contributed by atoms with van der Waals surface area (Å²) in [4.78, 5) is 31.4. The number of para-hydroxylation sites is 1. The van der Waals surface area contributed by atoms with Crippen LogP contribution < -0.4 is 10.6 Å². The number of carbonyl (C=O) groups is 2. The number of hydrogen-bond acceptors (Lipinski definition) is 4. The molecule has 7 nitrogen and oxygen atoms in total. The number of aliphatic hydroxyl groups excluding tert-OH is 1. The number of fused-ring (bicyclic) bond motifs is 2. The van der Waals surface area contributed by atoms with Crippen molar-refractivity contribution in [3.05, 3.63) is 52.3 Å². The molecule has 1 aromatic heterocycles. The number of amides is 2. The van der Waals surface area contributed by atoms with E-state index in [-0.39, 0.29) is 18.4 Å². The van der Waals surface area contributed by atoms with Crippen LogP contribution in [-0.4, -0.2) is 59.1 Å². The Labute approximate surface area is 188 Å². The van der Waals surface area contributed by atoms with Crippen LogP contribution in [0, 0.1) is 6.92 Å². The smallest absolute Gasteiger partial charge is 0.256 e. The first kappa shape index (κ1) is 22.3. The van der Waals surface area contributed by atoms with Crippen LogP contribution in [0.25, 0.3) is 11.1 Å². The van der Waals surface area contributed by atoms with Crippen LogP contribution in [0.3, 0.4) is 0 Å². The summed E-state index contributed by atoms with van der Waals surface area (Å²) in [5.41, 5.74) is 6.70. The largest absolute Gasteiger partial charge is 0.390 e. The normalized spacial score (nSPS) is 18.3. The third-order valence-electron chi connectivity index (χ3n) is 6.51. The fourth-order valence-corrected chi connectivity index (χ4v) is 4.87. The Hall–Kier alpha value is -2.90. The Morgan fingerprint density at radius 1 is 1.22 bits per heavy atom. The van der Waals surface area contributed by atoms with E-state index in [4.69, 9.17) is 0 Å². The standard InChI is InChI=1S/C25H32N4O3/c1-4-29(5-2)14-16(30)13-26-24(31)21-15(3)27-23-18(21)10-8-11-19(23)22-17-9-6-7-12-20(17)28-25(22)32/h6-7,9,12,16,27,30H,4-5,8,10-11,13-14H2,1-3H3,(H,26,31)(H,28,32). The molecule has 2 aliphatic rings. The summed E-state index contributed by atoms with van der Waals surface area (Å²) in [5, 5.41) is 16.2. The van der Waals surface area contributed by atoms with Gasteiger partial charge >= 0.3 is 0 Å². The van der Waals surface area contributed by atoms with Gasteiger partial charge in [0.1, 0.15) is 0 Å². The van der Waals surface area contributed by atoms with Crippen molar-refractivity contribution in [3.63, 3.8) is 0 Å². The van der Waals surface area contributed by atoms with Crippen molar-refractivity contribution in [1.29, 1.82) is 0 Å². The van der Waals surface area contributed by atoms with E-state index >= 15 is 0 Å². The lowest BCUT2D eigenvalue weighted by Gasteiger charge is -2.22. The number of rotatable bonds is 7. The molecule has 0 fully saturated rings. The minimum absolute atomic E-state index is 0.0909. The van der Waals surface area contributed by atoms with Crippen molar-refractivity contribution in [2.75, 3.05) is 31.5 Å². The van der Waals surface area contributed by atoms with Gasteiger partial charge in [0.15, 0.2) is 0 Å². The van der Waals surface area contributed by atoms with Gasteiger partial charge in [-0.05, 0) is 56.5 Å². The Balaban J connectivity index is 1.60. The van der Waals surface area contributed by atoms with E-state index in [0.717, 1.165) is 66.1 Å². The van der Waals surface area contributed by atoms with E-state index in [0.29, 0.717) is 17.7 Å². The molecule has 0 bridgehead atoms. The van der Waals surface area contributed by atoms with Crippen LogP contribution in [0.15, 0.2) is 24.3 Å². The quantitative estimate of drug-likeness (QED) is 0.502. The number of benzene rings is 1. The number of aromatic nitrogens is 1. The van der Waals surface area contributed by atoms with E-state index in [2.05, 4.69) is 34.4 Å². The predicted octanol–water partition coefficient (Wildman–Crippen LogP) is 2.95. The third-order valence-corrected chi connectivity index (χ3v) is 6.51. The van der Waals surface area contributed by atoms with E-state index < -0.39 is 6.10 Å². The summed E-state index contributed by atoms with van der Waals surface area (Å²) in [5.74, 6) is -0.270. The van der Waals surface area contributed by atoms with E-state index in [1.54, 1.807) is 0 Å². The third kappa shape index (κ3) is 4.10. The Kier molecular flexibility index (Phi) is 6.48. The molecule has 2 amide bonds. The summed E-state index contributed by atoms with van der Waals surface area (Å²) in [6, 6.07) is 7.72. The summed E-state index contributed by atoms with van der Waals surface area (Å²) >= 11 is 0. The van der Waals surface area contributed by atoms with Crippen LogP contribution in [0.1, 0.15) is 59.6 Å². The van der Waals surface area contributed by atoms with Crippen LogP contribution in [0.5, 0.6) is 0 Å². The number of aryl methyl sites for hydroxylation is 1. The maximum absolute atomic E-state index is 13.1. The number of aromatic amines is 1. The van der Waals surface area contributed by atoms with Gasteiger partial charge in [-0.3, -0.25) is 9.59 Å². The molecular formula is C25H32N4O3. The van der Waals surface area contributed by atoms with Crippen molar-refractivity contribution >= 4 is 28.6 Å². The number of allylic oxidation sites excluding steroid dienone is 1. The molecule has 1 unspecified atom stereocenters. The van der Waals surface area contributed by atoms with Gasteiger partial charge in [-0.2, -0.15) is 0 Å². The van der Waals surface area contributed by atoms with Gasteiger partial charge in [-0.25, -0.2) is 0 Å². The molecule has 2 aromatic rings. The maximum Gasteiger partial charge on any atom is 0.256 e. The van der Waals surface area contributed by atoms with Gasteiger partial charge in [0.05, 0.1) is 17.2 Å². The lowest BCUT2D eigenvalue weighted by molar-refractivity contribution is -0.110. The van der Waals surface area contributed by atoms with Gasteiger partial charge < -0.3 is 25.6 Å². The van der Waals surface area contributed by atoms with Crippen molar-refractivity contribution in [2.24, 2.45) is 0 Å². The van der Waals surface area contributed by atoms with Crippen LogP contribution in [0.2, 0.25) is 0 Å². The second-order valence-corrected chi connectivity index (χ2v) is 8.54. The number of nitrogens with one attached hydrogen (secondary N) is 3. The summed E-state index contributed by atoms with van der Waals surface area (Å²) in [6.45, 7) is 8.46. The van der Waals surface area contributed by atoms with Crippen LogP contribution in [-0.2, 0) is 11.2 Å². The minimum Gasteiger partial charge on any atom is -0.390 e. The zero-order valence-corrected chi connectivity index (χ0v) is 19.0. The fourth-order valence-electron chi connectivity index (χ4n) is 4.87. The first-order chi connectivity index (χ1) is 15.4. The Morgan fingerprint density at radius 3 is 2.72 bits per heavy atom.